The van der Waals surface area contributed by atoms with Gasteiger partial charge in [-0.3, -0.25) is 33.7 Å². The van der Waals surface area contributed by atoms with Gasteiger partial charge in [0.1, 0.15) is 30.6 Å². The van der Waals surface area contributed by atoms with Crippen LogP contribution in [0, 0.1) is 35.5 Å². The summed E-state index contributed by atoms with van der Waals surface area (Å²) in [7, 11) is 9.87. The van der Waals surface area contributed by atoms with Gasteiger partial charge in [-0.05, 0) is 75.9 Å². The molecule has 0 bridgehead atoms. The number of nitrogens with one attached hydrogen (secondary N) is 3. The third kappa shape index (κ3) is 21.4. The average Bonchev–Trinajstić information content (AvgIpc) is 3.86. The highest BCUT2D eigenvalue weighted by atomic mass is 16.7. The molecule has 4 unspecified atom stereocenters. The number of aliphatic hydroxyl groups is 1. The van der Waals surface area contributed by atoms with Crippen LogP contribution in [-0.4, -0.2) is 173 Å². The Morgan fingerprint density at radius 3 is 2.01 bits per heavy atom. The summed E-state index contributed by atoms with van der Waals surface area (Å²) in [5, 5.41) is 18.0. The fraction of sp³-hybridized carbons (Fsp3) is 0.768. The van der Waals surface area contributed by atoms with Crippen molar-refractivity contribution < 1.29 is 67.1 Å². The number of nitrogens with zero attached hydrogens (tertiary/aromatic N) is 2. The van der Waals surface area contributed by atoms with E-state index >= 15 is 0 Å². The standard InChI is InChI=1S/C56H95N5O14/c1-16-36(7)51(61(12)55(68)49(34(3)4)59-54(67)50(35(5)6)60(10)11)45(70-13)30-44(63)41-25-21-26-42(41)52(72-15)38(9)53(66)58-43(29-39-23-19-18-20-24-39)56(69)74-37(8)31-57-46(64)27-22-28-47(65)73-33-48(71-14)75-40(17-2)32-62/h18-20,23-24,34-38,40-43,45,48-52,62H,16-17,21-22,25-33H2,1-15H3,(H,57,64)(H,58,66)(H,59,67)/t36-,37?,38+,40?,41?,42+,43-,45+,48?,49-,50-,51-,52+/m0/s1. The van der Waals surface area contributed by atoms with Gasteiger partial charge in [0.25, 0.3) is 0 Å². The summed E-state index contributed by atoms with van der Waals surface area (Å²) in [5.41, 5.74) is 0.779. The van der Waals surface area contributed by atoms with Gasteiger partial charge in [0.05, 0.1) is 49.5 Å². The van der Waals surface area contributed by atoms with Crippen molar-refractivity contribution in [1.29, 1.82) is 0 Å². The Kier molecular flexibility index (Phi) is 30.4. The van der Waals surface area contributed by atoms with E-state index in [9.17, 15) is 38.7 Å². The highest BCUT2D eigenvalue weighted by Gasteiger charge is 2.45. The van der Waals surface area contributed by atoms with E-state index < -0.39 is 84.6 Å². The van der Waals surface area contributed by atoms with Gasteiger partial charge >= 0.3 is 11.9 Å². The second kappa shape index (κ2) is 34.3. The fourth-order valence-corrected chi connectivity index (χ4v) is 10.2. The summed E-state index contributed by atoms with van der Waals surface area (Å²) >= 11 is 0. The van der Waals surface area contributed by atoms with Crippen LogP contribution in [-0.2, 0) is 68.4 Å². The Balaban J connectivity index is 2.16. The van der Waals surface area contributed by atoms with Crippen LogP contribution in [0.1, 0.15) is 126 Å². The normalized spacial score (nSPS) is 19.1. The van der Waals surface area contributed by atoms with E-state index in [2.05, 4.69) is 16.0 Å². The highest BCUT2D eigenvalue weighted by Crippen LogP contribution is 2.40. The van der Waals surface area contributed by atoms with Crippen molar-refractivity contribution in [3.8, 4) is 0 Å². The van der Waals surface area contributed by atoms with E-state index in [-0.39, 0.29) is 99.0 Å². The molecule has 4 N–H and O–H groups in total. The lowest BCUT2D eigenvalue weighted by Gasteiger charge is -2.40. The Morgan fingerprint density at radius 2 is 1.47 bits per heavy atom. The van der Waals surface area contributed by atoms with Gasteiger partial charge in [-0.25, -0.2) is 4.79 Å². The monoisotopic (exact) mass is 1060 g/mol. The van der Waals surface area contributed by atoms with Crippen LogP contribution in [0.5, 0.6) is 0 Å². The molecular weight excluding hydrogens is 967 g/mol. The average molecular weight is 1060 g/mol. The molecule has 19 nitrogen and oxygen atoms in total. The van der Waals surface area contributed by atoms with Crippen LogP contribution >= 0.6 is 0 Å². The van der Waals surface area contributed by atoms with E-state index in [4.69, 9.17) is 28.4 Å². The van der Waals surface area contributed by atoms with Gasteiger partial charge in [-0.1, -0.05) is 98.6 Å². The van der Waals surface area contributed by atoms with Gasteiger partial charge in [0.15, 0.2) is 6.29 Å². The molecule has 1 aliphatic carbocycles. The number of Topliss-reactive ketones (excluding diaryl/α,β-unsaturated/α-hetero) is 1. The predicted molar refractivity (Wildman–Crippen MR) is 285 cm³/mol. The van der Waals surface area contributed by atoms with E-state index in [0.717, 1.165) is 12.0 Å². The zero-order chi connectivity index (χ0) is 56.5. The molecule has 0 radical (unpaired) electrons. The summed E-state index contributed by atoms with van der Waals surface area (Å²) in [5.74, 6) is -4.44. The van der Waals surface area contributed by atoms with Crippen LogP contribution in [0.15, 0.2) is 30.3 Å². The molecule has 19 heteroatoms. The number of hydrogen-bond donors (Lipinski definition) is 4. The molecular formula is C56H95N5O14. The number of likely N-dealkylation sites (N-methyl/N-ethyl adjacent to an activating group) is 2. The molecule has 0 aliphatic heterocycles. The number of amides is 4. The Morgan fingerprint density at radius 1 is 0.800 bits per heavy atom. The number of benzene rings is 1. The molecule has 1 aromatic carbocycles. The van der Waals surface area contributed by atoms with Crippen LogP contribution in [0.3, 0.4) is 0 Å². The van der Waals surface area contributed by atoms with Crippen molar-refractivity contribution in [2.45, 2.75) is 181 Å². The minimum Gasteiger partial charge on any atom is -0.460 e. The molecule has 0 saturated heterocycles. The van der Waals surface area contributed by atoms with Gasteiger partial charge in [0, 0.05) is 60.0 Å². The number of aliphatic hydroxyl groups excluding tert-OH is 1. The van der Waals surface area contributed by atoms with Gasteiger partial charge in [-0.15, -0.1) is 0 Å². The predicted octanol–water partition coefficient (Wildman–Crippen LogP) is 4.88. The number of ketones is 1. The first-order valence-electron chi connectivity index (χ1n) is 27.1. The minimum atomic E-state index is -1.10. The van der Waals surface area contributed by atoms with Crippen molar-refractivity contribution in [2.24, 2.45) is 35.5 Å². The first-order chi connectivity index (χ1) is 35.5. The van der Waals surface area contributed by atoms with Gasteiger partial charge < -0.3 is 54.4 Å². The zero-order valence-electron chi connectivity index (χ0n) is 47.9. The largest absolute Gasteiger partial charge is 0.460 e. The molecule has 13 atom stereocenters. The Bertz CT molecular complexity index is 1890. The molecule has 1 aromatic rings. The lowest BCUT2D eigenvalue weighted by molar-refractivity contribution is -0.194. The Labute approximate surface area is 447 Å². The topological polar surface area (TPSA) is 238 Å². The quantitative estimate of drug-likeness (QED) is 0.0518. The van der Waals surface area contributed by atoms with Crippen LogP contribution in [0.4, 0.5) is 0 Å². The number of carbonyl (C=O) groups is 7. The van der Waals surface area contributed by atoms with E-state index in [0.29, 0.717) is 25.7 Å². The first-order valence-corrected chi connectivity index (χ1v) is 27.1. The summed E-state index contributed by atoms with van der Waals surface area (Å²) in [6.45, 7) is 16.6. The maximum absolute atomic E-state index is 14.6. The molecule has 1 saturated carbocycles. The molecule has 428 valence electrons. The smallest absolute Gasteiger partial charge is 0.329 e. The lowest BCUT2D eigenvalue weighted by atomic mass is 9.79. The summed E-state index contributed by atoms with van der Waals surface area (Å²) in [6.07, 6.45) is 0.140. The van der Waals surface area contributed by atoms with Gasteiger partial charge in [0.2, 0.25) is 23.6 Å². The second-order valence-electron chi connectivity index (χ2n) is 21.2. The molecule has 75 heavy (non-hydrogen) atoms. The number of methoxy groups -OCH3 is 3. The molecule has 0 aromatic heterocycles. The summed E-state index contributed by atoms with van der Waals surface area (Å²) in [6, 6.07) is 6.35. The van der Waals surface area contributed by atoms with Crippen molar-refractivity contribution in [3.63, 3.8) is 0 Å². The van der Waals surface area contributed by atoms with E-state index in [1.165, 1.54) is 14.2 Å². The van der Waals surface area contributed by atoms with Crippen molar-refractivity contribution in [3.05, 3.63) is 35.9 Å². The molecule has 4 amide bonds. The SMILES string of the molecule is CCC(CO)OC(COC(=O)CCCC(=O)NCC(C)OC(=O)[C@H](Cc1ccccc1)NC(=O)[C@H](C)[C@@H](OC)[C@@H]1CCCC1C(=O)C[C@@H](OC)[C@H]([C@@H](C)CC)N(C)C(=O)[C@@H](NC(=O)[C@H](C(C)C)N(C)C)C(C)C)OC. The summed E-state index contributed by atoms with van der Waals surface area (Å²) in [4.78, 5) is 99.1. The third-order valence-electron chi connectivity index (χ3n) is 14.6. The van der Waals surface area contributed by atoms with Crippen LogP contribution < -0.4 is 16.0 Å². The number of hydrogen-bond acceptors (Lipinski definition) is 15. The number of carbonyl (C=O) groups excluding carboxylic acids is 7. The van der Waals surface area contributed by atoms with Crippen LogP contribution in [0.25, 0.3) is 0 Å². The second-order valence-corrected chi connectivity index (χ2v) is 21.2. The maximum Gasteiger partial charge on any atom is 0.329 e. The zero-order valence-corrected chi connectivity index (χ0v) is 47.9. The van der Waals surface area contributed by atoms with Crippen molar-refractivity contribution >= 4 is 41.4 Å². The van der Waals surface area contributed by atoms with E-state index in [1.54, 1.807) is 32.9 Å². The molecule has 0 spiro atoms. The van der Waals surface area contributed by atoms with Gasteiger partial charge in [-0.2, -0.15) is 0 Å². The first kappa shape index (κ1) is 66.6. The molecule has 1 fully saturated rings. The molecule has 0 heterocycles. The molecule has 1 aliphatic rings. The number of rotatable bonds is 36. The van der Waals surface area contributed by atoms with E-state index in [1.807, 2.05) is 97.8 Å². The highest BCUT2D eigenvalue weighted by molar-refractivity contribution is 5.90. The van der Waals surface area contributed by atoms with Crippen LogP contribution in [0.2, 0.25) is 0 Å². The Hall–Kier alpha value is -4.53. The van der Waals surface area contributed by atoms with Crippen molar-refractivity contribution in [1.82, 2.24) is 25.8 Å². The number of esters is 2. The maximum atomic E-state index is 14.6. The third-order valence-corrected chi connectivity index (χ3v) is 14.6. The lowest BCUT2D eigenvalue weighted by Crippen LogP contribution is -2.59. The summed E-state index contributed by atoms with van der Waals surface area (Å²) < 4.78 is 33.9. The minimum absolute atomic E-state index is 0.0125. The van der Waals surface area contributed by atoms with Crippen molar-refractivity contribution in [2.75, 3.05) is 62.2 Å². The fourth-order valence-electron chi connectivity index (χ4n) is 10.2. The number of ether oxygens (including phenoxy) is 6. The molecule has 2 rings (SSSR count).